The largest absolute Gasteiger partial charge is 0.392 e. The van der Waals surface area contributed by atoms with Gasteiger partial charge in [0, 0.05) is 32.7 Å². The second kappa shape index (κ2) is 4.14. The molecule has 1 N–H and O–H groups in total. The molecule has 0 amide bonds. The predicted molar refractivity (Wildman–Crippen MR) is 48.1 cm³/mol. The maximum Gasteiger partial charge on any atom is 0.164 e. The number of rotatable bonds is 1. The molecule has 1 aliphatic heterocycles. The van der Waals surface area contributed by atoms with Crippen LogP contribution in [-0.4, -0.2) is 29.7 Å². The van der Waals surface area contributed by atoms with Gasteiger partial charge in [-0.3, -0.25) is 0 Å². The van der Waals surface area contributed by atoms with Gasteiger partial charge in [-0.25, -0.2) is 0 Å². The molecule has 1 aliphatic carbocycles. The van der Waals surface area contributed by atoms with Crippen LogP contribution in [-0.2, 0) is 42.2 Å². The van der Waals surface area contributed by atoms with E-state index in [1.165, 1.54) is 0 Å². The molecule has 2 rings (SSSR count). The van der Waals surface area contributed by atoms with E-state index in [4.69, 9.17) is 14.6 Å². The van der Waals surface area contributed by atoms with Crippen LogP contribution < -0.4 is 0 Å². The van der Waals surface area contributed by atoms with E-state index in [-0.39, 0.29) is 51.5 Å². The summed E-state index contributed by atoms with van der Waals surface area (Å²) in [6.07, 6.45) is 1.62. The molecule has 1 saturated heterocycles. The molecule has 14 heavy (non-hydrogen) atoms. The van der Waals surface area contributed by atoms with Gasteiger partial charge in [0.05, 0.1) is 6.61 Å². The molecule has 2 atom stereocenters. The topological polar surface area (TPSA) is 38.7 Å². The van der Waals surface area contributed by atoms with E-state index in [1.807, 2.05) is 19.9 Å². The Morgan fingerprint density at radius 2 is 2.00 bits per heavy atom. The summed E-state index contributed by atoms with van der Waals surface area (Å²) in [6, 6.07) is 0. The van der Waals surface area contributed by atoms with Crippen LogP contribution in [0.15, 0.2) is 23.8 Å². The van der Waals surface area contributed by atoms with Crippen molar-refractivity contribution in [2.45, 2.75) is 31.8 Å². The molecule has 0 spiro atoms. The van der Waals surface area contributed by atoms with Crippen LogP contribution >= 0.6 is 0 Å². The van der Waals surface area contributed by atoms with Gasteiger partial charge >= 0.3 is 0 Å². The molecule has 1 unspecified atom stereocenters. The molecule has 0 aromatic rings. The summed E-state index contributed by atoms with van der Waals surface area (Å²) in [5.74, 6) is -0.563. The minimum atomic E-state index is -0.563. The third kappa shape index (κ3) is 2.02. The Hall–Kier alpha value is 0.464. The van der Waals surface area contributed by atoms with Crippen LogP contribution in [0.3, 0.4) is 0 Å². The summed E-state index contributed by atoms with van der Waals surface area (Å²) in [5, 5.41) is 9.06. The normalized spacial score (nSPS) is 33.6. The van der Waals surface area contributed by atoms with Gasteiger partial charge in [0.2, 0.25) is 0 Å². The Labute approximate surface area is 109 Å². The standard InChI is InChI=1S/C10H14O3.Y/c1-6-4-7(5-11)9-8(6)12-10(2,3)13-9;/h4,8-9,11H,1,5H2,2-3H3;/t8?,9-;/m1./s1. The summed E-state index contributed by atoms with van der Waals surface area (Å²) in [6.45, 7) is 7.62. The van der Waals surface area contributed by atoms with Crippen molar-refractivity contribution >= 4 is 0 Å². The van der Waals surface area contributed by atoms with Crippen LogP contribution in [0.1, 0.15) is 13.8 Å². The van der Waals surface area contributed by atoms with Gasteiger partial charge in [-0.15, -0.1) is 0 Å². The van der Waals surface area contributed by atoms with Gasteiger partial charge in [0.25, 0.3) is 0 Å². The van der Waals surface area contributed by atoms with Crippen molar-refractivity contribution in [3.05, 3.63) is 23.8 Å². The van der Waals surface area contributed by atoms with Gasteiger partial charge in [0.1, 0.15) is 12.2 Å². The SMILES string of the molecule is C=C1C=C(CO)[C@H]2OC(C)(C)OC12.[Y]. The fourth-order valence-electron chi connectivity index (χ4n) is 1.84. The number of aliphatic hydroxyl groups excluding tert-OH is 1. The average Bonchev–Trinajstić information content (AvgIpc) is 2.47. The van der Waals surface area contributed by atoms with Crippen molar-refractivity contribution in [3.8, 4) is 0 Å². The molecule has 4 heteroatoms. The zero-order valence-corrected chi connectivity index (χ0v) is 11.3. The number of aliphatic hydroxyl groups is 1. The zero-order chi connectivity index (χ0) is 9.64. The molecule has 3 nitrogen and oxygen atoms in total. The van der Waals surface area contributed by atoms with Gasteiger partial charge in [0.15, 0.2) is 5.79 Å². The van der Waals surface area contributed by atoms with Crippen LogP contribution in [0.5, 0.6) is 0 Å². The van der Waals surface area contributed by atoms with E-state index in [0.29, 0.717) is 0 Å². The molecule has 1 fully saturated rings. The van der Waals surface area contributed by atoms with Gasteiger partial charge in [-0.2, -0.15) is 0 Å². The van der Waals surface area contributed by atoms with Crippen molar-refractivity contribution in [1.82, 2.24) is 0 Å². The number of ether oxygens (including phenoxy) is 2. The first-order valence-electron chi connectivity index (χ1n) is 4.39. The minimum Gasteiger partial charge on any atom is -0.392 e. The second-order valence-electron chi connectivity index (χ2n) is 3.93. The Morgan fingerprint density at radius 3 is 2.57 bits per heavy atom. The first-order valence-corrected chi connectivity index (χ1v) is 4.39. The predicted octanol–water partition coefficient (Wildman–Crippen LogP) is 0.992. The fraction of sp³-hybridized carbons (Fsp3) is 0.600. The molecular formula is C10H14O3Y. The van der Waals surface area contributed by atoms with Gasteiger partial charge < -0.3 is 14.6 Å². The molecule has 1 radical (unpaired) electrons. The van der Waals surface area contributed by atoms with Gasteiger partial charge in [-0.05, 0) is 25.0 Å². The van der Waals surface area contributed by atoms with E-state index in [2.05, 4.69) is 6.58 Å². The molecule has 0 aromatic carbocycles. The van der Waals surface area contributed by atoms with E-state index < -0.39 is 5.79 Å². The van der Waals surface area contributed by atoms with Crippen LogP contribution in [0.2, 0.25) is 0 Å². The number of hydrogen-bond donors (Lipinski definition) is 1. The first-order chi connectivity index (χ1) is 6.03. The number of hydrogen-bond acceptors (Lipinski definition) is 3. The van der Waals surface area contributed by atoms with Crippen LogP contribution in [0, 0.1) is 0 Å². The first kappa shape index (κ1) is 12.5. The second-order valence-corrected chi connectivity index (χ2v) is 3.93. The average molecular weight is 271 g/mol. The van der Waals surface area contributed by atoms with E-state index in [1.54, 1.807) is 0 Å². The Balaban J connectivity index is 0.000000980. The maximum atomic E-state index is 9.06. The quantitative estimate of drug-likeness (QED) is 0.773. The fourth-order valence-corrected chi connectivity index (χ4v) is 1.84. The summed E-state index contributed by atoms with van der Waals surface area (Å²) in [7, 11) is 0. The maximum absolute atomic E-state index is 9.06. The Morgan fingerprint density at radius 1 is 1.43 bits per heavy atom. The molecular weight excluding hydrogens is 257 g/mol. The molecule has 2 aliphatic rings. The van der Waals surface area contributed by atoms with Crippen molar-refractivity contribution in [3.63, 3.8) is 0 Å². The van der Waals surface area contributed by atoms with Crippen LogP contribution in [0.4, 0.5) is 0 Å². The zero-order valence-electron chi connectivity index (χ0n) is 8.49. The smallest absolute Gasteiger partial charge is 0.164 e. The molecule has 0 saturated carbocycles. The Bertz CT molecular complexity index is 283. The van der Waals surface area contributed by atoms with Crippen molar-refractivity contribution < 1.29 is 47.3 Å². The van der Waals surface area contributed by atoms with Crippen molar-refractivity contribution in [1.29, 1.82) is 0 Å². The summed E-state index contributed by atoms with van der Waals surface area (Å²) < 4.78 is 11.3. The Kier molecular flexibility index (Phi) is 3.71. The molecule has 1 heterocycles. The number of fused-ring (bicyclic) bond motifs is 1. The van der Waals surface area contributed by atoms with Gasteiger partial charge in [-0.1, -0.05) is 12.7 Å². The third-order valence-corrected chi connectivity index (χ3v) is 2.38. The minimum absolute atomic E-state index is 0. The summed E-state index contributed by atoms with van der Waals surface area (Å²) >= 11 is 0. The summed E-state index contributed by atoms with van der Waals surface area (Å²) in [4.78, 5) is 0. The van der Waals surface area contributed by atoms with E-state index in [9.17, 15) is 0 Å². The van der Waals surface area contributed by atoms with Crippen molar-refractivity contribution in [2.75, 3.05) is 6.61 Å². The molecule has 75 valence electrons. The van der Waals surface area contributed by atoms with Crippen LogP contribution in [0.25, 0.3) is 0 Å². The monoisotopic (exact) mass is 271 g/mol. The van der Waals surface area contributed by atoms with E-state index >= 15 is 0 Å². The third-order valence-electron chi connectivity index (χ3n) is 2.38. The molecule has 0 bridgehead atoms. The van der Waals surface area contributed by atoms with Crippen molar-refractivity contribution in [2.24, 2.45) is 0 Å². The van der Waals surface area contributed by atoms with E-state index in [0.717, 1.165) is 11.1 Å². The summed E-state index contributed by atoms with van der Waals surface area (Å²) in [5.41, 5.74) is 1.75. The molecule has 0 aromatic heterocycles.